The summed E-state index contributed by atoms with van der Waals surface area (Å²) in [5.74, 6) is -0.816. The maximum Gasteiger partial charge on any atom is 0.306 e. The number of likely N-dealkylation sites (N-methyl/N-ethyl adjacent to an activating group) is 1. The highest BCUT2D eigenvalue weighted by molar-refractivity contribution is 7.45. The molecule has 0 aromatic heterocycles. The average Bonchev–Trinajstić information content (AvgIpc) is 3.20. The van der Waals surface area contributed by atoms with Crippen molar-refractivity contribution in [2.75, 3.05) is 47.5 Å². The average molecular weight is 874 g/mol. The van der Waals surface area contributed by atoms with Gasteiger partial charge in [-0.25, -0.2) is 0 Å². The molecule has 0 aliphatic rings. The predicted molar refractivity (Wildman–Crippen MR) is 250 cm³/mol. The summed E-state index contributed by atoms with van der Waals surface area (Å²) < 4.78 is 34.0. The third-order valence-corrected chi connectivity index (χ3v) is 12.6. The van der Waals surface area contributed by atoms with Gasteiger partial charge in [-0.1, -0.05) is 232 Å². The Morgan fingerprint density at radius 1 is 0.450 bits per heavy atom. The molecule has 0 amide bonds. The monoisotopic (exact) mass is 874 g/mol. The first-order valence-corrected chi connectivity index (χ1v) is 27.2. The molecule has 0 aromatic carbocycles. The molecule has 60 heavy (non-hydrogen) atoms. The molecule has 0 saturated carbocycles. The summed E-state index contributed by atoms with van der Waals surface area (Å²) in [6, 6.07) is 0. The van der Waals surface area contributed by atoms with Gasteiger partial charge in [0.2, 0.25) is 0 Å². The fraction of sp³-hybridized carbons (Fsp3) is 0.960. The van der Waals surface area contributed by atoms with Crippen LogP contribution < -0.4 is 4.89 Å². The van der Waals surface area contributed by atoms with Crippen LogP contribution in [0.1, 0.15) is 258 Å². The van der Waals surface area contributed by atoms with E-state index in [2.05, 4.69) is 13.8 Å². The Balaban J connectivity index is 4.12. The van der Waals surface area contributed by atoms with Crippen molar-refractivity contribution in [2.24, 2.45) is 0 Å². The van der Waals surface area contributed by atoms with Crippen molar-refractivity contribution < 1.29 is 42.1 Å². The Morgan fingerprint density at radius 3 is 1.07 bits per heavy atom. The zero-order valence-corrected chi connectivity index (χ0v) is 41.3. The molecule has 2 unspecified atom stereocenters. The van der Waals surface area contributed by atoms with Gasteiger partial charge >= 0.3 is 11.9 Å². The van der Waals surface area contributed by atoms with Crippen molar-refractivity contribution in [3.63, 3.8) is 0 Å². The van der Waals surface area contributed by atoms with Crippen LogP contribution >= 0.6 is 7.82 Å². The summed E-state index contributed by atoms with van der Waals surface area (Å²) in [6.45, 7) is 4.28. The Kier molecular flexibility index (Phi) is 42.6. The van der Waals surface area contributed by atoms with E-state index in [1.807, 2.05) is 21.1 Å². The van der Waals surface area contributed by atoms with Gasteiger partial charge in [-0.2, -0.15) is 0 Å². The molecule has 0 saturated heterocycles. The second-order valence-electron chi connectivity index (χ2n) is 18.9. The summed E-state index contributed by atoms with van der Waals surface area (Å²) in [7, 11) is 1.19. The minimum Gasteiger partial charge on any atom is -0.756 e. The van der Waals surface area contributed by atoms with E-state index < -0.39 is 26.5 Å². The molecule has 0 N–H and O–H groups in total. The van der Waals surface area contributed by atoms with E-state index >= 15 is 0 Å². The van der Waals surface area contributed by atoms with Gasteiger partial charge in [0.25, 0.3) is 7.82 Å². The van der Waals surface area contributed by atoms with Crippen LogP contribution in [-0.2, 0) is 32.7 Å². The Morgan fingerprint density at radius 2 is 0.750 bits per heavy atom. The smallest absolute Gasteiger partial charge is 0.306 e. The number of hydrogen-bond donors (Lipinski definition) is 0. The Hall–Kier alpha value is -0.990. The zero-order chi connectivity index (χ0) is 44.3. The normalized spacial score (nSPS) is 13.4. The Bertz CT molecular complexity index is 990. The van der Waals surface area contributed by atoms with E-state index in [0.29, 0.717) is 17.4 Å². The van der Waals surface area contributed by atoms with E-state index in [1.165, 1.54) is 193 Å². The zero-order valence-electron chi connectivity index (χ0n) is 40.4. The number of unbranched alkanes of at least 4 members (excludes halogenated alkanes) is 34. The maximum atomic E-state index is 12.7. The second kappa shape index (κ2) is 43.3. The summed E-state index contributed by atoms with van der Waals surface area (Å²) in [6.07, 6.45) is 45.7. The highest BCUT2D eigenvalue weighted by Crippen LogP contribution is 2.38. The van der Waals surface area contributed by atoms with Crippen LogP contribution in [0, 0.1) is 0 Å². The molecule has 0 aromatic rings. The number of phosphoric ester groups is 1. The molecule has 0 aliphatic carbocycles. The lowest BCUT2D eigenvalue weighted by Gasteiger charge is -2.28. The van der Waals surface area contributed by atoms with E-state index in [4.69, 9.17) is 18.5 Å². The number of phosphoric acid groups is 1. The molecule has 0 rings (SSSR count). The van der Waals surface area contributed by atoms with Gasteiger partial charge in [-0.15, -0.1) is 0 Å². The summed E-state index contributed by atoms with van der Waals surface area (Å²) in [5.41, 5.74) is 0. The molecule has 0 fully saturated rings. The van der Waals surface area contributed by atoms with Crippen molar-refractivity contribution in [3.05, 3.63) is 0 Å². The number of carbonyl (C=O) groups excluding carboxylic acids is 2. The van der Waals surface area contributed by atoms with E-state index in [-0.39, 0.29) is 32.0 Å². The molecular formula is C50H100NO8P. The molecule has 0 spiro atoms. The van der Waals surface area contributed by atoms with Crippen molar-refractivity contribution in [2.45, 2.75) is 264 Å². The first kappa shape index (κ1) is 59.0. The Labute approximate surface area is 372 Å². The van der Waals surface area contributed by atoms with Gasteiger partial charge in [0.1, 0.15) is 19.8 Å². The van der Waals surface area contributed by atoms with Gasteiger partial charge in [0.15, 0.2) is 6.10 Å². The topological polar surface area (TPSA) is 111 Å². The van der Waals surface area contributed by atoms with Crippen molar-refractivity contribution in [3.8, 4) is 0 Å². The second-order valence-corrected chi connectivity index (χ2v) is 20.3. The van der Waals surface area contributed by atoms with Gasteiger partial charge in [0.05, 0.1) is 27.7 Å². The molecular weight excluding hydrogens is 774 g/mol. The van der Waals surface area contributed by atoms with Crippen LogP contribution in [0.3, 0.4) is 0 Å². The third-order valence-electron chi connectivity index (χ3n) is 11.6. The van der Waals surface area contributed by atoms with Crippen LogP contribution in [0.5, 0.6) is 0 Å². The lowest BCUT2D eigenvalue weighted by atomic mass is 10.0. The minimum atomic E-state index is -4.62. The summed E-state index contributed by atoms with van der Waals surface area (Å²) in [4.78, 5) is 37.6. The van der Waals surface area contributed by atoms with E-state index in [0.717, 1.165) is 32.1 Å². The standard InChI is InChI=1S/C50H100NO8P/c1-6-8-10-12-14-16-18-20-21-22-23-24-25-26-27-28-29-30-31-33-35-37-39-41-43-50(53)59-48(47-58-60(54,55)57-45-44-51(3,4)5)46-56-49(52)42-40-38-36-34-32-19-17-15-13-11-9-7-2/h48H,6-47H2,1-5H3. The number of quaternary nitrogens is 1. The van der Waals surface area contributed by atoms with E-state index in [9.17, 15) is 19.0 Å². The SMILES string of the molecule is CCCCCCCCCCCCCCCCCCCCCCCCCCC(=O)OC(COC(=O)CCCCCCCCCCCCCC)COP(=O)([O-])OCC[N+](C)(C)C. The molecule has 0 radical (unpaired) electrons. The van der Waals surface area contributed by atoms with Crippen LogP contribution in [0.15, 0.2) is 0 Å². The number of esters is 2. The summed E-state index contributed by atoms with van der Waals surface area (Å²) in [5, 5.41) is 0. The number of carbonyl (C=O) groups is 2. The lowest BCUT2D eigenvalue weighted by Crippen LogP contribution is -2.37. The van der Waals surface area contributed by atoms with Gasteiger partial charge in [0, 0.05) is 12.8 Å². The molecule has 0 aliphatic heterocycles. The highest BCUT2D eigenvalue weighted by atomic mass is 31.2. The van der Waals surface area contributed by atoms with Gasteiger partial charge in [-0.05, 0) is 12.8 Å². The number of nitrogens with zero attached hydrogens (tertiary/aromatic N) is 1. The minimum absolute atomic E-state index is 0.0255. The summed E-state index contributed by atoms with van der Waals surface area (Å²) >= 11 is 0. The van der Waals surface area contributed by atoms with E-state index in [1.54, 1.807) is 0 Å². The molecule has 0 bridgehead atoms. The van der Waals surface area contributed by atoms with Gasteiger partial charge < -0.3 is 27.9 Å². The first-order chi connectivity index (χ1) is 29.0. The number of rotatable bonds is 48. The highest BCUT2D eigenvalue weighted by Gasteiger charge is 2.21. The molecule has 9 nitrogen and oxygen atoms in total. The number of hydrogen-bond acceptors (Lipinski definition) is 8. The molecule has 2 atom stereocenters. The van der Waals surface area contributed by atoms with Gasteiger partial charge in [-0.3, -0.25) is 14.2 Å². The fourth-order valence-electron chi connectivity index (χ4n) is 7.60. The predicted octanol–water partition coefficient (Wildman–Crippen LogP) is 14.5. The quantitative estimate of drug-likeness (QED) is 0.0257. The number of ether oxygens (including phenoxy) is 2. The van der Waals surface area contributed by atoms with Crippen molar-refractivity contribution in [1.82, 2.24) is 0 Å². The lowest BCUT2D eigenvalue weighted by molar-refractivity contribution is -0.870. The third kappa shape index (κ3) is 46.5. The van der Waals surface area contributed by atoms with Crippen molar-refractivity contribution in [1.29, 1.82) is 0 Å². The maximum absolute atomic E-state index is 12.7. The van der Waals surface area contributed by atoms with Crippen LogP contribution in [0.2, 0.25) is 0 Å². The largest absolute Gasteiger partial charge is 0.756 e. The molecule has 0 heterocycles. The van der Waals surface area contributed by atoms with Crippen LogP contribution in [0.4, 0.5) is 0 Å². The molecule has 10 heteroatoms. The van der Waals surface area contributed by atoms with Crippen LogP contribution in [0.25, 0.3) is 0 Å². The van der Waals surface area contributed by atoms with Crippen molar-refractivity contribution >= 4 is 19.8 Å². The first-order valence-electron chi connectivity index (χ1n) is 25.7. The fourth-order valence-corrected chi connectivity index (χ4v) is 8.33. The molecule has 358 valence electrons. The van der Waals surface area contributed by atoms with Crippen LogP contribution in [-0.4, -0.2) is 70.0 Å².